The van der Waals surface area contributed by atoms with Crippen LogP contribution in [0, 0.1) is 0 Å². The molecule has 0 spiro atoms. The summed E-state index contributed by atoms with van der Waals surface area (Å²) in [5.41, 5.74) is 5.88. The second-order valence-corrected chi connectivity index (χ2v) is 8.36. The van der Waals surface area contributed by atoms with E-state index in [4.69, 9.17) is 17.3 Å². The Balaban J connectivity index is 3.23. The average molecular weight is 342 g/mol. The monoisotopic (exact) mass is 341 g/mol. The van der Waals surface area contributed by atoms with Gasteiger partial charge < -0.3 is 5.73 Å². The fourth-order valence-electron chi connectivity index (χ4n) is 1.25. The van der Waals surface area contributed by atoms with Gasteiger partial charge in [0.2, 0.25) is 20.0 Å². The molecular weight excluding hydrogens is 326 g/mol. The molecule has 0 radical (unpaired) electrons. The lowest BCUT2D eigenvalue weighted by molar-refractivity contribution is 0.601. The van der Waals surface area contributed by atoms with Gasteiger partial charge in [-0.15, -0.1) is 0 Å². The Labute approximate surface area is 123 Å². The molecule has 7 nitrogen and oxygen atoms in total. The molecule has 20 heavy (non-hydrogen) atoms. The lowest BCUT2D eigenvalue weighted by Gasteiger charge is -2.13. The molecule has 114 valence electrons. The first-order valence-corrected chi connectivity index (χ1v) is 9.38. The van der Waals surface area contributed by atoms with Crippen LogP contribution in [0.2, 0.25) is 5.02 Å². The highest BCUT2D eigenvalue weighted by Crippen LogP contribution is 2.32. The van der Waals surface area contributed by atoms with E-state index in [-0.39, 0.29) is 33.6 Å². The minimum atomic E-state index is -3.54. The van der Waals surface area contributed by atoms with Crippen molar-refractivity contribution in [2.45, 2.75) is 13.8 Å². The van der Waals surface area contributed by atoms with Crippen molar-refractivity contribution in [2.75, 3.05) is 26.7 Å². The van der Waals surface area contributed by atoms with Crippen molar-refractivity contribution in [3.05, 3.63) is 17.2 Å². The van der Waals surface area contributed by atoms with Gasteiger partial charge in [0.05, 0.1) is 33.6 Å². The molecule has 0 aromatic heterocycles. The van der Waals surface area contributed by atoms with Crippen LogP contribution in [0.25, 0.3) is 0 Å². The topological polar surface area (TPSA) is 118 Å². The summed E-state index contributed by atoms with van der Waals surface area (Å²) < 4.78 is 50.6. The van der Waals surface area contributed by atoms with Crippen LogP contribution in [0.4, 0.5) is 17.1 Å². The Morgan fingerprint density at radius 2 is 1.55 bits per heavy atom. The van der Waals surface area contributed by atoms with Gasteiger partial charge in [-0.2, -0.15) is 0 Å². The summed E-state index contributed by atoms with van der Waals surface area (Å²) >= 11 is 5.87. The molecule has 4 N–H and O–H groups in total. The zero-order chi connectivity index (χ0) is 15.6. The lowest BCUT2D eigenvalue weighted by atomic mass is 10.2. The van der Waals surface area contributed by atoms with E-state index in [1.165, 1.54) is 26.0 Å². The Kier molecular flexibility index (Phi) is 5.11. The van der Waals surface area contributed by atoms with Gasteiger partial charge in [0.25, 0.3) is 0 Å². The molecule has 0 aliphatic rings. The molecule has 0 unspecified atom stereocenters. The molecule has 0 saturated heterocycles. The predicted octanol–water partition coefficient (Wildman–Crippen LogP) is 1.45. The molecule has 0 fully saturated rings. The second kappa shape index (κ2) is 6.06. The highest BCUT2D eigenvalue weighted by atomic mass is 35.5. The minimum Gasteiger partial charge on any atom is -0.396 e. The van der Waals surface area contributed by atoms with E-state index in [1.807, 2.05) is 0 Å². The second-order valence-electron chi connectivity index (χ2n) is 3.93. The number of hydrogen-bond donors (Lipinski definition) is 3. The summed E-state index contributed by atoms with van der Waals surface area (Å²) in [6.45, 7) is 2.94. The van der Waals surface area contributed by atoms with E-state index >= 15 is 0 Å². The first-order valence-electron chi connectivity index (χ1n) is 5.70. The van der Waals surface area contributed by atoms with E-state index in [2.05, 4.69) is 9.44 Å². The van der Waals surface area contributed by atoms with Crippen LogP contribution in [0.1, 0.15) is 13.8 Å². The van der Waals surface area contributed by atoms with E-state index in [1.54, 1.807) is 0 Å². The number of sulfonamides is 2. The molecular formula is C10H16ClN3O4S2. The number of anilines is 3. The molecule has 10 heteroatoms. The Morgan fingerprint density at radius 1 is 1.05 bits per heavy atom. The van der Waals surface area contributed by atoms with E-state index in [0.717, 1.165) is 0 Å². The third kappa shape index (κ3) is 4.43. The molecule has 0 aliphatic carbocycles. The number of nitrogen functional groups attached to an aromatic ring is 1. The van der Waals surface area contributed by atoms with Crippen molar-refractivity contribution in [3.8, 4) is 0 Å². The van der Waals surface area contributed by atoms with Crippen molar-refractivity contribution in [2.24, 2.45) is 0 Å². The van der Waals surface area contributed by atoms with Gasteiger partial charge in [0.15, 0.2) is 0 Å². The van der Waals surface area contributed by atoms with Crippen LogP contribution in [-0.2, 0) is 20.0 Å². The number of rotatable bonds is 6. The fourth-order valence-corrected chi connectivity index (χ4v) is 2.74. The fraction of sp³-hybridized carbons (Fsp3) is 0.400. The lowest BCUT2D eigenvalue weighted by Crippen LogP contribution is -2.17. The third-order valence-electron chi connectivity index (χ3n) is 2.43. The predicted molar refractivity (Wildman–Crippen MR) is 82.0 cm³/mol. The maximum absolute atomic E-state index is 11.5. The van der Waals surface area contributed by atoms with Crippen LogP contribution >= 0.6 is 11.6 Å². The van der Waals surface area contributed by atoms with Crippen molar-refractivity contribution in [1.82, 2.24) is 0 Å². The SMILES string of the molecule is CCS(=O)(=O)Nc1cc(Cl)c(N)c(NS(=O)(=O)CC)c1. The highest BCUT2D eigenvalue weighted by Gasteiger charge is 2.15. The maximum atomic E-state index is 11.5. The molecule has 0 atom stereocenters. The number of halogens is 1. The molecule has 0 bridgehead atoms. The number of nitrogens with one attached hydrogen (secondary N) is 2. The molecule has 1 aromatic carbocycles. The number of nitrogens with two attached hydrogens (primary N) is 1. The summed E-state index contributed by atoms with van der Waals surface area (Å²) in [6, 6.07) is 2.59. The van der Waals surface area contributed by atoms with Gasteiger partial charge in [-0.25, -0.2) is 16.8 Å². The van der Waals surface area contributed by atoms with Gasteiger partial charge in [-0.05, 0) is 26.0 Å². The summed E-state index contributed by atoms with van der Waals surface area (Å²) in [5.74, 6) is -0.264. The minimum absolute atomic E-state index is 0.0307. The van der Waals surface area contributed by atoms with Crippen LogP contribution in [0.3, 0.4) is 0 Å². The van der Waals surface area contributed by atoms with Gasteiger partial charge in [0, 0.05) is 0 Å². The molecule has 0 saturated carbocycles. The first kappa shape index (κ1) is 16.9. The van der Waals surface area contributed by atoms with Gasteiger partial charge in [0.1, 0.15) is 0 Å². The largest absolute Gasteiger partial charge is 0.396 e. The Bertz CT molecular complexity index is 701. The number of benzene rings is 1. The quantitative estimate of drug-likeness (QED) is 0.676. The van der Waals surface area contributed by atoms with Gasteiger partial charge in [-0.1, -0.05) is 11.6 Å². The molecule has 1 aromatic rings. The molecule has 0 amide bonds. The van der Waals surface area contributed by atoms with Crippen LogP contribution in [0.15, 0.2) is 12.1 Å². The summed E-state index contributed by atoms with van der Waals surface area (Å²) in [6.07, 6.45) is 0. The summed E-state index contributed by atoms with van der Waals surface area (Å²) in [7, 11) is -7.04. The maximum Gasteiger partial charge on any atom is 0.232 e. The van der Waals surface area contributed by atoms with Crippen LogP contribution in [-0.4, -0.2) is 28.3 Å². The smallest absolute Gasteiger partial charge is 0.232 e. The zero-order valence-corrected chi connectivity index (χ0v) is 13.4. The van der Waals surface area contributed by atoms with Crippen LogP contribution in [0.5, 0.6) is 0 Å². The van der Waals surface area contributed by atoms with Gasteiger partial charge >= 0.3 is 0 Å². The van der Waals surface area contributed by atoms with Gasteiger partial charge in [-0.3, -0.25) is 9.44 Å². The summed E-state index contributed by atoms with van der Waals surface area (Å²) in [5, 5.41) is 0.0510. The first-order chi connectivity index (χ1) is 9.10. The average Bonchev–Trinajstić information content (AvgIpc) is 2.34. The summed E-state index contributed by atoms with van der Waals surface area (Å²) in [4.78, 5) is 0. The van der Waals surface area contributed by atoms with Crippen molar-refractivity contribution in [3.63, 3.8) is 0 Å². The van der Waals surface area contributed by atoms with E-state index in [0.29, 0.717) is 0 Å². The van der Waals surface area contributed by atoms with Crippen molar-refractivity contribution >= 4 is 48.7 Å². The molecule has 1 rings (SSSR count). The highest BCUT2D eigenvalue weighted by molar-refractivity contribution is 7.93. The van der Waals surface area contributed by atoms with E-state index in [9.17, 15) is 16.8 Å². The third-order valence-corrected chi connectivity index (χ3v) is 5.34. The molecule has 0 aliphatic heterocycles. The van der Waals surface area contributed by atoms with Crippen LogP contribution < -0.4 is 15.2 Å². The normalized spacial score (nSPS) is 12.2. The van der Waals surface area contributed by atoms with Crippen molar-refractivity contribution in [1.29, 1.82) is 0 Å². The Hall–Kier alpha value is -1.19. The molecule has 0 heterocycles. The van der Waals surface area contributed by atoms with Crippen molar-refractivity contribution < 1.29 is 16.8 Å². The Morgan fingerprint density at radius 3 is 2.05 bits per heavy atom. The zero-order valence-electron chi connectivity index (χ0n) is 11.0. The number of hydrogen-bond acceptors (Lipinski definition) is 5. The van der Waals surface area contributed by atoms with E-state index < -0.39 is 20.0 Å². The standard InChI is InChI=1S/C10H16ClN3O4S2/c1-3-19(15,16)13-7-5-8(11)10(12)9(6-7)14-20(17,18)4-2/h5-6,13-14H,3-4,12H2,1-2H3.